The second-order valence-corrected chi connectivity index (χ2v) is 9.92. The minimum absolute atomic E-state index is 0. The molecule has 4 rings (SSSR count). The van der Waals surface area contributed by atoms with E-state index in [-0.39, 0.29) is 42.5 Å². The summed E-state index contributed by atoms with van der Waals surface area (Å²) in [7, 11) is -2.35. The number of halogens is 2. The van der Waals surface area contributed by atoms with Crippen LogP contribution in [0.5, 0.6) is 5.75 Å². The summed E-state index contributed by atoms with van der Waals surface area (Å²) in [5.74, 6) is -1.01. The predicted octanol–water partition coefficient (Wildman–Crippen LogP) is 4.12. The summed E-state index contributed by atoms with van der Waals surface area (Å²) in [5.41, 5.74) is 7.73. The molecule has 9 nitrogen and oxygen atoms in total. The maximum absolute atomic E-state index is 14.1. The molecule has 0 aliphatic rings. The highest BCUT2D eigenvalue weighted by Crippen LogP contribution is 2.31. The van der Waals surface area contributed by atoms with Crippen molar-refractivity contribution in [3.8, 4) is 16.9 Å². The Morgan fingerprint density at radius 3 is 2.58 bits per heavy atom. The van der Waals surface area contributed by atoms with Gasteiger partial charge in [0.1, 0.15) is 11.6 Å². The molecule has 4 aromatic rings. The summed E-state index contributed by atoms with van der Waals surface area (Å²) in [4.78, 5) is 16.2. The number of carbonyl (C=O) groups is 1. The lowest BCUT2D eigenvalue weighted by atomic mass is 10.0. The number of allylic oxidation sites excluding steroid dienone is 1. The number of benzene rings is 3. The first-order valence-electron chi connectivity index (χ1n) is 11.2. The van der Waals surface area contributed by atoms with Crippen LogP contribution in [-0.2, 0) is 23.1 Å². The van der Waals surface area contributed by atoms with E-state index in [0.29, 0.717) is 27.9 Å². The zero-order chi connectivity index (χ0) is 26.6. The van der Waals surface area contributed by atoms with Crippen LogP contribution < -0.4 is 15.2 Å². The first kappa shape index (κ1) is 28.8. The van der Waals surface area contributed by atoms with Crippen molar-refractivity contribution in [3.63, 3.8) is 0 Å². The number of hydrogen-bond acceptors (Lipinski definition) is 6. The van der Waals surface area contributed by atoms with Crippen molar-refractivity contribution in [2.75, 3.05) is 13.7 Å². The van der Waals surface area contributed by atoms with Crippen LogP contribution in [0.4, 0.5) is 4.39 Å². The number of ether oxygens (including phenoxy) is 1. The molecule has 3 aromatic carbocycles. The molecule has 4 N–H and O–H groups in total. The van der Waals surface area contributed by atoms with Crippen molar-refractivity contribution in [1.82, 2.24) is 14.3 Å². The number of carboxylic acids is 1. The third-order valence-corrected chi connectivity index (χ3v) is 7.11. The number of nitrogens with two attached hydrogens (primary N) is 1. The molecule has 200 valence electrons. The van der Waals surface area contributed by atoms with E-state index in [1.807, 2.05) is 0 Å². The topological polar surface area (TPSA) is 137 Å². The zero-order valence-corrected chi connectivity index (χ0v) is 21.9. The van der Waals surface area contributed by atoms with E-state index in [4.69, 9.17) is 10.5 Å². The number of carboxylic acid groups (broad SMARTS) is 1. The number of fused-ring (bicyclic) bond motifs is 1. The number of aromatic nitrogens is 2. The molecule has 12 heteroatoms. The van der Waals surface area contributed by atoms with Crippen LogP contribution in [0, 0.1) is 0 Å². The average Bonchev–Trinajstić information content (AvgIpc) is 3.30. The van der Waals surface area contributed by atoms with E-state index in [0.717, 1.165) is 5.56 Å². The smallest absolute Gasteiger partial charge is 0.335 e. The van der Waals surface area contributed by atoms with Crippen molar-refractivity contribution in [1.29, 1.82) is 0 Å². The van der Waals surface area contributed by atoms with Gasteiger partial charge in [-0.2, -0.15) is 0 Å². The van der Waals surface area contributed by atoms with Gasteiger partial charge >= 0.3 is 5.97 Å². The lowest BCUT2D eigenvalue weighted by Gasteiger charge is -2.11. The molecule has 0 amide bonds. The Hall–Kier alpha value is -3.77. The van der Waals surface area contributed by atoms with E-state index in [9.17, 15) is 22.7 Å². The van der Waals surface area contributed by atoms with Crippen LogP contribution in [0.15, 0.2) is 83.8 Å². The number of imidazole rings is 1. The van der Waals surface area contributed by atoms with Gasteiger partial charge in [-0.3, -0.25) is 0 Å². The van der Waals surface area contributed by atoms with Crippen molar-refractivity contribution in [2.45, 2.75) is 18.0 Å². The number of hydrogen-bond donors (Lipinski definition) is 3. The summed E-state index contributed by atoms with van der Waals surface area (Å²) in [5, 5.41) is 9.66. The Labute approximate surface area is 225 Å². The number of rotatable bonds is 10. The van der Waals surface area contributed by atoms with Gasteiger partial charge in [0.05, 0.1) is 41.5 Å². The maximum atomic E-state index is 14.1. The first-order valence-corrected chi connectivity index (χ1v) is 12.7. The molecule has 0 radical (unpaired) electrons. The number of methoxy groups -OCH3 is 1. The van der Waals surface area contributed by atoms with Gasteiger partial charge in [-0.1, -0.05) is 24.3 Å². The summed E-state index contributed by atoms with van der Waals surface area (Å²) >= 11 is 0. The first-order chi connectivity index (χ1) is 17.7. The van der Waals surface area contributed by atoms with Gasteiger partial charge in [0.2, 0.25) is 10.0 Å². The average molecular weight is 561 g/mol. The van der Waals surface area contributed by atoms with Crippen molar-refractivity contribution < 1.29 is 27.4 Å². The molecule has 1 aromatic heterocycles. The molecule has 0 fully saturated rings. The van der Waals surface area contributed by atoms with Gasteiger partial charge in [-0.25, -0.2) is 27.3 Å². The molecule has 0 saturated carbocycles. The number of sulfonamides is 1. The number of nitrogens with zero attached hydrogens (tertiary/aromatic N) is 2. The third-order valence-electron chi connectivity index (χ3n) is 5.71. The van der Waals surface area contributed by atoms with E-state index in [1.165, 1.54) is 41.2 Å². The van der Waals surface area contributed by atoms with Crippen molar-refractivity contribution >= 4 is 39.4 Å². The molecule has 0 saturated heterocycles. The summed E-state index contributed by atoms with van der Waals surface area (Å²) in [6.45, 7) is -0.0701. The Morgan fingerprint density at radius 1 is 1.18 bits per heavy atom. The Morgan fingerprint density at radius 2 is 1.92 bits per heavy atom. The standard InChI is InChI=1S/C26H25FN4O5S.ClH/c1-36-21-7-5-17(6-8-21)14-30-37(34,35)22-4-2-3-18(11-22)23-12-19(26(32)33)13-24-25(23)29-16-31(24)15-20(27)9-10-28;/h2-9,11-13,16,30H,10,14-15,28H2,1H3,(H,32,33);1H/b20-9-;. The molecule has 0 bridgehead atoms. The lowest BCUT2D eigenvalue weighted by Crippen LogP contribution is -2.23. The Kier molecular flexibility index (Phi) is 9.23. The molecule has 0 spiro atoms. The van der Waals surface area contributed by atoms with Gasteiger partial charge in [0.15, 0.2) is 0 Å². The van der Waals surface area contributed by atoms with Gasteiger partial charge < -0.3 is 20.1 Å². The quantitative estimate of drug-likeness (QED) is 0.265. The normalized spacial score (nSPS) is 11.8. The van der Waals surface area contributed by atoms with Gasteiger partial charge in [-0.05, 0) is 53.6 Å². The van der Waals surface area contributed by atoms with Crippen LogP contribution in [-0.4, -0.2) is 42.7 Å². The van der Waals surface area contributed by atoms with Crippen LogP contribution >= 0.6 is 12.4 Å². The summed E-state index contributed by atoms with van der Waals surface area (Å²) in [6, 6.07) is 15.9. The van der Waals surface area contributed by atoms with E-state index in [2.05, 4.69) is 9.71 Å². The van der Waals surface area contributed by atoms with E-state index in [1.54, 1.807) is 43.5 Å². The van der Waals surface area contributed by atoms with Crippen LogP contribution in [0.25, 0.3) is 22.2 Å². The number of aromatic carboxylic acids is 1. The fourth-order valence-corrected chi connectivity index (χ4v) is 4.89. The second-order valence-electron chi connectivity index (χ2n) is 8.16. The lowest BCUT2D eigenvalue weighted by molar-refractivity contribution is 0.0697. The van der Waals surface area contributed by atoms with Gasteiger partial charge in [0.25, 0.3) is 0 Å². The van der Waals surface area contributed by atoms with Gasteiger partial charge in [-0.15, -0.1) is 12.4 Å². The molecule has 0 aliphatic carbocycles. The monoisotopic (exact) mass is 560 g/mol. The van der Waals surface area contributed by atoms with E-state index < -0.39 is 21.8 Å². The summed E-state index contributed by atoms with van der Waals surface area (Å²) < 4.78 is 49.4. The molecule has 1 heterocycles. The highest BCUT2D eigenvalue weighted by atomic mass is 35.5. The molecular formula is C26H26ClFN4O5S. The van der Waals surface area contributed by atoms with Crippen molar-refractivity contribution in [3.05, 3.63) is 90.0 Å². The van der Waals surface area contributed by atoms with Crippen LogP contribution in [0.1, 0.15) is 15.9 Å². The summed E-state index contributed by atoms with van der Waals surface area (Å²) in [6.07, 6.45) is 2.63. The second kappa shape index (κ2) is 12.2. The fourth-order valence-electron chi connectivity index (χ4n) is 3.82. The van der Waals surface area contributed by atoms with Crippen LogP contribution in [0.3, 0.4) is 0 Å². The molecule has 0 unspecified atom stereocenters. The minimum Gasteiger partial charge on any atom is -0.497 e. The zero-order valence-electron chi connectivity index (χ0n) is 20.3. The van der Waals surface area contributed by atoms with E-state index >= 15 is 0 Å². The van der Waals surface area contributed by atoms with Crippen molar-refractivity contribution in [2.24, 2.45) is 5.73 Å². The van der Waals surface area contributed by atoms with Gasteiger partial charge in [0, 0.05) is 18.7 Å². The largest absolute Gasteiger partial charge is 0.497 e. The maximum Gasteiger partial charge on any atom is 0.335 e. The molecule has 0 atom stereocenters. The molecular weight excluding hydrogens is 535 g/mol. The Bertz CT molecular complexity index is 1590. The number of nitrogens with one attached hydrogen (secondary N) is 1. The fraction of sp³-hybridized carbons (Fsp3) is 0.154. The highest BCUT2D eigenvalue weighted by Gasteiger charge is 2.19. The minimum atomic E-state index is -3.89. The highest BCUT2D eigenvalue weighted by molar-refractivity contribution is 7.89. The SMILES string of the molecule is COc1ccc(CNS(=O)(=O)c2cccc(-c3cc(C(=O)O)cc4c3ncn4C/C(F)=C/CN)c2)cc1.Cl. The predicted molar refractivity (Wildman–Crippen MR) is 145 cm³/mol. The third kappa shape index (κ3) is 6.37. The Balaban J connectivity index is 0.00000400. The molecule has 0 aliphatic heterocycles. The molecule has 38 heavy (non-hydrogen) atoms. The van der Waals surface area contributed by atoms with Crippen LogP contribution in [0.2, 0.25) is 0 Å².